The van der Waals surface area contributed by atoms with Gasteiger partial charge >= 0.3 is 0 Å². The number of hydrogen-bond donors (Lipinski definition) is 1. The van der Waals surface area contributed by atoms with E-state index in [0.717, 1.165) is 0 Å². The Balaban J connectivity index is 3.01. The summed E-state index contributed by atoms with van der Waals surface area (Å²) < 4.78 is 5.00. The number of hydrogen-bond acceptors (Lipinski definition) is 2. The molecule has 13 heavy (non-hydrogen) atoms. The van der Waals surface area contributed by atoms with Crippen LogP contribution >= 0.6 is 23.2 Å². The number of rotatable bonds is 2. The number of ether oxygens (including phenoxy) is 1. The lowest BCUT2D eigenvalue weighted by molar-refractivity contribution is 0.325. The largest absolute Gasteiger partial charge is 0.478 e. The minimum atomic E-state index is 0.0509. The third-order valence-electron chi connectivity index (χ3n) is 1.48. The molecule has 0 bridgehead atoms. The maximum Gasteiger partial charge on any atom is 0.214 e. The van der Waals surface area contributed by atoms with Crippen molar-refractivity contribution >= 4 is 29.1 Å². The summed E-state index contributed by atoms with van der Waals surface area (Å²) >= 11 is 11.6. The number of benzene rings is 1. The lowest BCUT2D eigenvalue weighted by Gasteiger charge is -2.07. The molecule has 0 heterocycles. The average Bonchev–Trinajstić information content (AvgIpc) is 2.10. The highest BCUT2D eigenvalue weighted by Gasteiger charge is 2.09. The number of halogens is 2. The van der Waals surface area contributed by atoms with Crippen molar-refractivity contribution in [2.45, 2.75) is 6.92 Å². The van der Waals surface area contributed by atoms with Gasteiger partial charge in [0.2, 0.25) is 5.90 Å². The Bertz CT molecular complexity index is 325. The van der Waals surface area contributed by atoms with Crippen LogP contribution in [0.3, 0.4) is 0 Å². The lowest BCUT2D eigenvalue weighted by atomic mass is 10.2. The molecule has 1 rings (SSSR count). The second-order valence-corrected chi connectivity index (χ2v) is 3.15. The zero-order valence-electron chi connectivity index (χ0n) is 7.10. The van der Waals surface area contributed by atoms with Crippen LogP contribution in [0.25, 0.3) is 0 Å². The zero-order chi connectivity index (χ0) is 9.84. The Morgan fingerprint density at radius 3 is 2.77 bits per heavy atom. The highest BCUT2D eigenvalue weighted by Crippen LogP contribution is 2.25. The minimum absolute atomic E-state index is 0.0509. The summed E-state index contributed by atoms with van der Waals surface area (Å²) in [4.78, 5) is 0. The van der Waals surface area contributed by atoms with Crippen molar-refractivity contribution in [3.8, 4) is 0 Å². The van der Waals surface area contributed by atoms with Gasteiger partial charge in [-0.15, -0.1) is 0 Å². The first kappa shape index (κ1) is 10.4. The second kappa shape index (κ2) is 4.49. The van der Waals surface area contributed by atoms with E-state index in [4.69, 9.17) is 33.3 Å². The van der Waals surface area contributed by atoms with Crippen molar-refractivity contribution < 1.29 is 4.74 Å². The highest BCUT2D eigenvalue weighted by molar-refractivity contribution is 6.43. The molecule has 0 fully saturated rings. The third kappa shape index (κ3) is 2.36. The lowest BCUT2D eigenvalue weighted by Crippen LogP contribution is -2.05. The van der Waals surface area contributed by atoms with Crippen LogP contribution in [0.15, 0.2) is 18.2 Å². The van der Waals surface area contributed by atoms with Crippen molar-refractivity contribution in [3.63, 3.8) is 0 Å². The molecular formula is C9H9Cl2NO. The van der Waals surface area contributed by atoms with Crippen LogP contribution in [-0.2, 0) is 4.74 Å². The molecule has 0 aliphatic carbocycles. The predicted octanol–water partition coefficient (Wildman–Crippen LogP) is 3.36. The van der Waals surface area contributed by atoms with Crippen molar-refractivity contribution in [3.05, 3.63) is 33.8 Å². The summed E-state index contributed by atoms with van der Waals surface area (Å²) in [5.41, 5.74) is 0.524. The van der Waals surface area contributed by atoms with Gasteiger partial charge in [0, 0.05) is 0 Å². The predicted molar refractivity (Wildman–Crippen MR) is 54.9 cm³/mol. The van der Waals surface area contributed by atoms with Crippen LogP contribution < -0.4 is 0 Å². The van der Waals surface area contributed by atoms with Gasteiger partial charge in [0.15, 0.2) is 0 Å². The van der Waals surface area contributed by atoms with E-state index in [0.29, 0.717) is 22.2 Å². The third-order valence-corrected chi connectivity index (χ3v) is 2.30. The zero-order valence-corrected chi connectivity index (χ0v) is 8.62. The van der Waals surface area contributed by atoms with Crippen LogP contribution in [0.2, 0.25) is 10.0 Å². The fraction of sp³-hybridized carbons (Fsp3) is 0.222. The van der Waals surface area contributed by atoms with Gasteiger partial charge in [-0.05, 0) is 19.1 Å². The van der Waals surface area contributed by atoms with Crippen LogP contribution in [0.4, 0.5) is 0 Å². The Hall–Kier alpha value is -0.730. The van der Waals surface area contributed by atoms with Gasteiger partial charge in [-0.1, -0.05) is 29.3 Å². The van der Waals surface area contributed by atoms with Crippen LogP contribution in [0.5, 0.6) is 0 Å². The van der Waals surface area contributed by atoms with Gasteiger partial charge in [0.05, 0.1) is 22.2 Å². The maximum absolute atomic E-state index is 7.50. The summed E-state index contributed by atoms with van der Waals surface area (Å²) in [6, 6.07) is 5.11. The van der Waals surface area contributed by atoms with Crippen molar-refractivity contribution in [2.75, 3.05) is 6.61 Å². The molecule has 0 radical (unpaired) electrons. The summed E-state index contributed by atoms with van der Waals surface area (Å²) in [6.45, 7) is 2.26. The second-order valence-electron chi connectivity index (χ2n) is 2.36. The molecule has 0 saturated heterocycles. The van der Waals surface area contributed by atoms with Gasteiger partial charge in [0.1, 0.15) is 0 Å². The van der Waals surface area contributed by atoms with E-state index in [-0.39, 0.29) is 5.90 Å². The Labute approximate surface area is 86.9 Å². The summed E-state index contributed by atoms with van der Waals surface area (Å²) in [5, 5.41) is 8.30. The molecular weight excluding hydrogens is 209 g/mol. The molecule has 1 aromatic rings. The van der Waals surface area contributed by atoms with E-state index in [9.17, 15) is 0 Å². The van der Waals surface area contributed by atoms with Crippen LogP contribution in [0.1, 0.15) is 12.5 Å². The molecule has 4 heteroatoms. The van der Waals surface area contributed by atoms with Gasteiger partial charge in [-0.3, -0.25) is 5.41 Å². The van der Waals surface area contributed by atoms with Gasteiger partial charge in [-0.2, -0.15) is 0 Å². The average molecular weight is 218 g/mol. The molecule has 70 valence electrons. The minimum Gasteiger partial charge on any atom is -0.478 e. The molecule has 0 saturated carbocycles. The normalized spacial score (nSPS) is 9.77. The van der Waals surface area contributed by atoms with E-state index >= 15 is 0 Å². The fourth-order valence-corrected chi connectivity index (χ4v) is 1.29. The molecule has 0 unspecified atom stereocenters. The first-order valence-electron chi connectivity index (χ1n) is 3.82. The standard InChI is InChI=1S/C9H9Cl2NO/c1-2-13-9(12)6-4-3-5-7(10)8(6)11/h3-5,12H,2H2,1H3. The van der Waals surface area contributed by atoms with Crippen molar-refractivity contribution in [2.24, 2.45) is 0 Å². The first-order chi connectivity index (χ1) is 6.16. The molecule has 0 amide bonds. The van der Waals surface area contributed by atoms with Gasteiger partial charge < -0.3 is 4.74 Å². The first-order valence-corrected chi connectivity index (χ1v) is 4.58. The van der Waals surface area contributed by atoms with Crippen LogP contribution in [-0.4, -0.2) is 12.5 Å². The van der Waals surface area contributed by atoms with Gasteiger partial charge in [-0.25, -0.2) is 0 Å². The Morgan fingerprint density at radius 2 is 2.15 bits per heavy atom. The fourth-order valence-electron chi connectivity index (χ4n) is 0.901. The molecule has 0 atom stereocenters. The van der Waals surface area contributed by atoms with Crippen molar-refractivity contribution in [1.29, 1.82) is 5.41 Å². The number of nitrogens with one attached hydrogen (secondary N) is 1. The molecule has 1 N–H and O–H groups in total. The smallest absolute Gasteiger partial charge is 0.214 e. The molecule has 0 aliphatic heterocycles. The Kier molecular flexibility index (Phi) is 3.58. The molecule has 0 aliphatic rings. The molecule has 2 nitrogen and oxygen atoms in total. The topological polar surface area (TPSA) is 33.1 Å². The van der Waals surface area contributed by atoms with E-state index < -0.39 is 0 Å². The summed E-state index contributed by atoms with van der Waals surface area (Å²) in [5.74, 6) is 0.0509. The molecule has 0 aromatic heterocycles. The van der Waals surface area contributed by atoms with Gasteiger partial charge in [0.25, 0.3) is 0 Å². The Morgan fingerprint density at radius 1 is 1.46 bits per heavy atom. The SMILES string of the molecule is CCOC(=N)c1cccc(Cl)c1Cl. The van der Waals surface area contributed by atoms with E-state index in [2.05, 4.69) is 0 Å². The van der Waals surface area contributed by atoms with Crippen LogP contribution in [0, 0.1) is 5.41 Å². The van der Waals surface area contributed by atoms with E-state index in [1.54, 1.807) is 18.2 Å². The van der Waals surface area contributed by atoms with E-state index in [1.165, 1.54) is 0 Å². The maximum atomic E-state index is 7.50. The summed E-state index contributed by atoms with van der Waals surface area (Å²) in [6.07, 6.45) is 0. The monoisotopic (exact) mass is 217 g/mol. The molecule has 0 spiro atoms. The highest BCUT2D eigenvalue weighted by atomic mass is 35.5. The molecule has 1 aromatic carbocycles. The van der Waals surface area contributed by atoms with E-state index in [1.807, 2.05) is 6.92 Å². The summed E-state index contributed by atoms with van der Waals surface area (Å²) in [7, 11) is 0. The van der Waals surface area contributed by atoms with Crippen molar-refractivity contribution in [1.82, 2.24) is 0 Å². The quantitative estimate of drug-likeness (QED) is 0.599.